The zero-order valence-corrected chi connectivity index (χ0v) is 10.1. The smallest absolute Gasteiger partial charge is 0.0895 e. The minimum atomic E-state index is -0.477. The fourth-order valence-corrected chi connectivity index (χ4v) is 2.78. The van der Waals surface area contributed by atoms with Crippen LogP contribution in [0.5, 0.6) is 0 Å². The molecule has 1 rings (SSSR count). The average Bonchev–Trinajstić information content (AvgIpc) is 2.17. The molecule has 0 aromatic heterocycles. The summed E-state index contributed by atoms with van der Waals surface area (Å²) in [6.07, 6.45) is 4.09. The van der Waals surface area contributed by atoms with Gasteiger partial charge in [0.05, 0.1) is 24.4 Å². The van der Waals surface area contributed by atoms with Gasteiger partial charge in [-0.2, -0.15) is 0 Å². The van der Waals surface area contributed by atoms with Gasteiger partial charge in [-0.15, -0.1) is 0 Å². The van der Waals surface area contributed by atoms with Gasteiger partial charge in [0, 0.05) is 0 Å². The second-order valence-corrected chi connectivity index (χ2v) is 5.38. The van der Waals surface area contributed by atoms with E-state index in [1.54, 1.807) is 0 Å². The Morgan fingerprint density at radius 2 is 1.60 bits per heavy atom. The summed E-state index contributed by atoms with van der Waals surface area (Å²) in [6.45, 7) is 6.10. The van der Waals surface area contributed by atoms with Crippen molar-refractivity contribution in [1.29, 1.82) is 0 Å². The summed E-state index contributed by atoms with van der Waals surface area (Å²) in [6, 6.07) is 0. The molecule has 0 bridgehead atoms. The van der Waals surface area contributed by atoms with E-state index in [0.29, 0.717) is 5.92 Å². The number of aliphatic hydroxyl groups is 2. The fraction of sp³-hybridized carbons (Fsp3) is 1.00. The quantitative estimate of drug-likeness (QED) is 0.752. The molecule has 0 saturated carbocycles. The van der Waals surface area contributed by atoms with Gasteiger partial charge in [0.1, 0.15) is 0 Å². The largest absolute Gasteiger partial charge is 0.393 e. The maximum Gasteiger partial charge on any atom is 0.0895 e. The van der Waals surface area contributed by atoms with Crippen LogP contribution in [-0.4, -0.2) is 34.6 Å². The maximum absolute atomic E-state index is 9.36. The van der Waals surface area contributed by atoms with Gasteiger partial charge in [0.2, 0.25) is 0 Å². The van der Waals surface area contributed by atoms with Crippen LogP contribution >= 0.6 is 0 Å². The first-order chi connectivity index (χ1) is 6.97. The molecule has 0 aliphatic carbocycles. The highest BCUT2D eigenvalue weighted by Gasteiger charge is 2.43. The molecule has 3 atom stereocenters. The lowest BCUT2D eigenvalue weighted by molar-refractivity contribution is -0.217. The van der Waals surface area contributed by atoms with Crippen molar-refractivity contribution in [3.63, 3.8) is 0 Å². The second-order valence-electron chi connectivity index (χ2n) is 5.38. The highest BCUT2D eigenvalue weighted by Crippen LogP contribution is 2.40. The Balaban J connectivity index is 2.73. The van der Waals surface area contributed by atoms with E-state index < -0.39 is 11.2 Å². The predicted octanol–water partition coefficient (Wildman–Crippen LogP) is 1.72. The third-order valence-corrected chi connectivity index (χ3v) is 3.30. The van der Waals surface area contributed by atoms with Crippen molar-refractivity contribution >= 4 is 0 Å². The van der Waals surface area contributed by atoms with E-state index in [1.165, 1.54) is 0 Å². The number of hydrogen-bond acceptors (Lipinski definition) is 3. The lowest BCUT2D eigenvalue weighted by atomic mass is 9.78. The van der Waals surface area contributed by atoms with Crippen LogP contribution in [0.15, 0.2) is 0 Å². The molecular formula is C12H24O3. The number of hydrogen-bond donors (Lipinski definition) is 2. The minimum absolute atomic E-state index is 0.0306. The molecular weight excluding hydrogens is 192 g/mol. The van der Waals surface area contributed by atoms with Crippen LogP contribution in [0, 0.1) is 5.92 Å². The first kappa shape index (κ1) is 12.9. The van der Waals surface area contributed by atoms with Gasteiger partial charge in [0.25, 0.3) is 0 Å². The van der Waals surface area contributed by atoms with Gasteiger partial charge in [0.15, 0.2) is 0 Å². The van der Waals surface area contributed by atoms with Gasteiger partial charge >= 0.3 is 0 Å². The molecule has 2 N–H and O–H groups in total. The lowest BCUT2D eigenvalue weighted by Gasteiger charge is -2.47. The van der Waals surface area contributed by atoms with Crippen molar-refractivity contribution in [2.75, 3.05) is 13.2 Å². The molecule has 0 amide bonds. The Hall–Kier alpha value is -0.120. The summed E-state index contributed by atoms with van der Waals surface area (Å²) < 4.78 is 5.84. The summed E-state index contributed by atoms with van der Waals surface area (Å²) in [4.78, 5) is 0. The molecule has 1 saturated heterocycles. The molecule has 1 heterocycles. The van der Waals surface area contributed by atoms with Crippen LogP contribution in [0.25, 0.3) is 0 Å². The molecule has 0 aromatic rings. The van der Waals surface area contributed by atoms with E-state index in [0.717, 1.165) is 25.7 Å². The second kappa shape index (κ2) is 4.81. The summed E-state index contributed by atoms with van der Waals surface area (Å²) in [5, 5.41) is 18.7. The molecule has 1 fully saturated rings. The maximum atomic E-state index is 9.36. The van der Waals surface area contributed by atoms with Gasteiger partial charge in [-0.25, -0.2) is 0 Å². The van der Waals surface area contributed by atoms with Crippen molar-refractivity contribution < 1.29 is 14.9 Å². The van der Waals surface area contributed by atoms with Crippen molar-refractivity contribution in [3.8, 4) is 0 Å². The predicted molar refractivity (Wildman–Crippen MR) is 59.7 cm³/mol. The topological polar surface area (TPSA) is 49.7 Å². The van der Waals surface area contributed by atoms with Gasteiger partial charge < -0.3 is 14.9 Å². The van der Waals surface area contributed by atoms with Gasteiger partial charge in [-0.3, -0.25) is 0 Å². The van der Waals surface area contributed by atoms with Crippen LogP contribution in [0.3, 0.4) is 0 Å². The lowest BCUT2D eigenvalue weighted by Crippen LogP contribution is -2.52. The molecule has 0 aromatic carbocycles. The van der Waals surface area contributed by atoms with E-state index in [4.69, 9.17) is 4.74 Å². The Kier molecular flexibility index (Phi) is 4.15. The normalized spacial score (nSPS) is 41.8. The first-order valence-electron chi connectivity index (χ1n) is 5.89. The van der Waals surface area contributed by atoms with Crippen LogP contribution in [0.2, 0.25) is 0 Å². The average molecular weight is 216 g/mol. The van der Waals surface area contributed by atoms with Gasteiger partial charge in [-0.1, -0.05) is 19.8 Å². The first-order valence-corrected chi connectivity index (χ1v) is 5.89. The van der Waals surface area contributed by atoms with E-state index >= 15 is 0 Å². The SMILES string of the molecule is CCCC1C[C@](C)(CO)O[C@](C)(CO)C1. The standard InChI is InChI=1S/C12H24O3/c1-4-5-10-6-11(2,8-13)15-12(3,7-10)9-14/h10,13-14H,4-9H2,1-3H3/t10?,11-,12+. The molecule has 1 unspecified atom stereocenters. The summed E-state index contributed by atoms with van der Waals surface area (Å²) >= 11 is 0. The highest BCUT2D eigenvalue weighted by atomic mass is 16.5. The van der Waals surface area contributed by atoms with E-state index in [2.05, 4.69) is 6.92 Å². The van der Waals surface area contributed by atoms with Crippen LogP contribution in [0.1, 0.15) is 46.5 Å². The summed E-state index contributed by atoms with van der Waals surface area (Å²) in [5.41, 5.74) is -0.953. The zero-order chi connectivity index (χ0) is 11.5. The monoisotopic (exact) mass is 216 g/mol. The van der Waals surface area contributed by atoms with Crippen molar-refractivity contribution in [1.82, 2.24) is 0 Å². The van der Waals surface area contributed by atoms with E-state index in [-0.39, 0.29) is 13.2 Å². The Morgan fingerprint density at radius 1 is 1.13 bits per heavy atom. The molecule has 3 heteroatoms. The number of ether oxygens (including phenoxy) is 1. The Bertz CT molecular complexity index is 189. The molecule has 90 valence electrons. The molecule has 0 radical (unpaired) electrons. The number of aliphatic hydroxyl groups excluding tert-OH is 2. The van der Waals surface area contributed by atoms with Crippen molar-refractivity contribution in [2.24, 2.45) is 5.92 Å². The van der Waals surface area contributed by atoms with Crippen LogP contribution in [-0.2, 0) is 4.74 Å². The molecule has 3 nitrogen and oxygen atoms in total. The van der Waals surface area contributed by atoms with Crippen LogP contribution in [0.4, 0.5) is 0 Å². The Morgan fingerprint density at radius 3 is 1.93 bits per heavy atom. The summed E-state index contributed by atoms with van der Waals surface area (Å²) in [7, 11) is 0. The van der Waals surface area contributed by atoms with Gasteiger partial charge in [-0.05, 0) is 32.6 Å². The van der Waals surface area contributed by atoms with Crippen molar-refractivity contribution in [2.45, 2.75) is 57.7 Å². The zero-order valence-electron chi connectivity index (χ0n) is 10.1. The van der Waals surface area contributed by atoms with Crippen molar-refractivity contribution in [3.05, 3.63) is 0 Å². The summed E-state index contributed by atoms with van der Waals surface area (Å²) in [5.74, 6) is 0.554. The Labute approximate surface area is 92.4 Å². The molecule has 15 heavy (non-hydrogen) atoms. The minimum Gasteiger partial charge on any atom is -0.393 e. The third kappa shape index (κ3) is 3.16. The number of rotatable bonds is 4. The molecule has 1 aliphatic rings. The van der Waals surface area contributed by atoms with E-state index in [1.807, 2.05) is 13.8 Å². The third-order valence-electron chi connectivity index (χ3n) is 3.30. The molecule has 0 spiro atoms. The van der Waals surface area contributed by atoms with Crippen LogP contribution < -0.4 is 0 Å². The van der Waals surface area contributed by atoms with E-state index in [9.17, 15) is 10.2 Å². The highest BCUT2D eigenvalue weighted by molar-refractivity contribution is 4.92. The fourth-order valence-electron chi connectivity index (χ4n) is 2.78. The molecule has 1 aliphatic heterocycles.